The lowest BCUT2D eigenvalue weighted by molar-refractivity contribution is -0.147. The Kier molecular flexibility index (Phi) is 4.83. The van der Waals surface area contributed by atoms with Crippen LogP contribution in [0.25, 0.3) is 0 Å². The fourth-order valence-electron chi connectivity index (χ4n) is 3.39. The van der Waals surface area contributed by atoms with Gasteiger partial charge in [-0.1, -0.05) is 26.7 Å². The molecule has 1 aliphatic carbocycles. The lowest BCUT2D eigenvalue weighted by Gasteiger charge is -2.41. The average molecular weight is 266 g/mol. The molecule has 4 heteroatoms. The highest BCUT2D eigenvalue weighted by Gasteiger charge is 2.37. The van der Waals surface area contributed by atoms with E-state index in [1.807, 2.05) is 11.8 Å². The molecule has 0 aromatic carbocycles. The minimum Gasteiger partial charge on any atom is -0.343 e. The number of piperazine rings is 1. The highest BCUT2D eigenvalue weighted by Crippen LogP contribution is 2.30. The van der Waals surface area contributed by atoms with E-state index < -0.39 is 0 Å². The van der Waals surface area contributed by atoms with Crippen LogP contribution >= 0.6 is 0 Å². The van der Waals surface area contributed by atoms with Crippen LogP contribution in [0.4, 0.5) is 0 Å². The lowest BCUT2D eigenvalue weighted by Crippen LogP contribution is -2.60. The first kappa shape index (κ1) is 14.4. The van der Waals surface area contributed by atoms with E-state index in [1.54, 1.807) is 0 Å². The molecule has 1 saturated carbocycles. The van der Waals surface area contributed by atoms with Crippen LogP contribution in [0.5, 0.6) is 0 Å². The van der Waals surface area contributed by atoms with E-state index in [1.165, 1.54) is 19.3 Å². The van der Waals surface area contributed by atoms with Crippen molar-refractivity contribution in [2.24, 2.45) is 5.92 Å². The quantitative estimate of drug-likeness (QED) is 0.847. The van der Waals surface area contributed by atoms with E-state index in [2.05, 4.69) is 12.2 Å². The van der Waals surface area contributed by atoms with Crippen molar-refractivity contribution in [3.05, 3.63) is 0 Å². The smallest absolute Gasteiger partial charge is 0.245 e. The molecule has 2 aliphatic rings. The van der Waals surface area contributed by atoms with Gasteiger partial charge in [-0.15, -0.1) is 0 Å². The molecule has 19 heavy (non-hydrogen) atoms. The SMILES string of the molecule is CCCC1NC(=O)CN(C2CCC(CC)CC2)C1=O. The molecule has 1 heterocycles. The van der Waals surface area contributed by atoms with Crippen molar-refractivity contribution >= 4 is 11.8 Å². The van der Waals surface area contributed by atoms with Crippen LogP contribution in [-0.4, -0.2) is 35.3 Å². The third-order valence-corrected chi connectivity index (χ3v) is 4.64. The predicted molar refractivity (Wildman–Crippen MR) is 74.6 cm³/mol. The molecule has 0 spiro atoms. The molecular formula is C15H26N2O2. The molecule has 1 saturated heterocycles. The Balaban J connectivity index is 1.98. The molecule has 4 nitrogen and oxygen atoms in total. The maximum Gasteiger partial charge on any atom is 0.245 e. The van der Waals surface area contributed by atoms with E-state index in [-0.39, 0.29) is 24.4 Å². The standard InChI is InChI=1S/C15H26N2O2/c1-3-5-13-15(19)17(10-14(18)16-13)12-8-6-11(4-2)7-9-12/h11-13H,3-10H2,1-2H3,(H,16,18). The van der Waals surface area contributed by atoms with E-state index in [0.717, 1.165) is 31.6 Å². The predicted octanol–water partition coefficient (Wildman–Crippen LogP) is 2.08. The Morgan fingerprint density at radius 3 is 2.42 bits per heavy atom. The fourth-order valence-corrected chi connectivity index (χ4v) is 3.39. The number of nitrogens with one attached hydrogen (secondary N) is 1. The zero-order chi connectivity index (χ0) is 13.8. The first-order valence-corrected chi connectivity index (χ1v) is 7.75. The van der Waals surface area contributed by atoms with Crippen molar-refractivity contribution in [1.82, 2.24) is 10.2 Å². The number of hydrogen-bond donors (Lipinski definition) is 1. The summed E-state index contributed by atoms with van der Waals surface area (Å²) in [5.74, 6) is 0.966. The molecule has 2 amide bonds. The highest BCUT2D eigenvalue weighted by atomic mass is 16.2. The summed E-state index contributed by atoms with van der Waals surface area (Å²) in [4.78, 5) is 26.0. The van der Waals surface area contributed by atoms with Gasteiger partial charge in [-0.05, 0) is 38.0 Å². The molecule has 2 rings (SSSR count). The molecule has 1 unspecified atom stereocenters. The monoisotopic (exact) mass is 266 g/mol. The Labute approximate surface area is 115 Å². The van der Waals surface area contributed by atoms with Crippen molar-refractivity contribution in [1.29, 1.82) is 0 Å². The molecule has 0 aromatic rings. The zero-order valence-electron chi connectivity index (χ0n) is 12.2. The van der Waals surface area contributed by atoms with E-state index in [4.69, 9.17) is 0 Å². The Bertz CT molecular complexity index is 335. The van der Waals surface area contributed by atoms with Crippen LogP contribution in [0, 0.1) is 5.92 Å². The number of carbonyl (C=O) groups excluding carboxylic acids is 2. The highest BCUT2D eigenvalue weighted by molar-refractivity contribution is 5.95. The second-order valence-corrected chi connectivity index (χ2v) is 5.96. The zero-order valence-corrected chi connectivity index (χ0v) is 12.2. The summed E-state index contributed by atoms with van der Waals surface area (Å²) in [7, 11) is 0. The van der Waals surface area contributed by atoms with E-state index in [0.29, 0.717) is 6.04 Å². The molecule has 2 fully saturated rings. The summed E-state index contributed by atoms with van der Waals surface area (Å²) < 4.78 is 0. The summed E-state index contributed by atoms with van der Waals surface area (Å²) in [6.07, 6.45) is 7.45. The molecule has 1 atom stereocenters. The summed E-state index contributed by atoms with van der Waals surface area (Å²) in [5, 5.41) is 2.83. The van der Waals surface area contributed by atoms with Crippen molar-refractivity contribution < 1.29 is 9.59 Å². The van der Waals surface area contributed by atoms with Crippen molar-refractivity contribution in [3.63, 3.8) is 0 Å². The Morgan fingerprint density at radius 1 is 1.16 bits per heavy atom. The molecule has 0 aromatic heterocycles. The van der Waals surface area contributed by atoms with Gasteiger partial charge < -0.3 is 10.2 Å². The first-order valence-electron chi connectivity index (χ1n) is 7.75. The van der Waals surface area contributed by atoms with Gasteiger partial charge >= 0.3 is 0 Å². The number of nitrogens with zero attached hydrogens (tertiary/aromatic N) is 1. The fraction of sp³-hybridized carbons (Fsp3) is 0.867. The molecule has 1 aliphatic heterocycles. The largest absolute Gasteiger partial charge is 0.343 e. The van der Waals surface area contributed by atoms with Crippen LogP contribution < -0.4 is 5.32 Å². The first-order chi connectivity index (χ1) is 9.15. The van der Waals surface area contributed by atoms with Crippen molar-refractivity contribution in [2.45, 2.75) is 70.9 Å². The summed E-state index contributed by atoms with van der Waals surface area (Å²) in [6.45, 7) is 4.55. The summed E-state index contributed by atoms with van der Waals surface area (Å²) in [5.41, 5.74) is 0. The van der Waals surface area contributed by atoms with Crippen LogP contribution in [-0.2, 0) is 9.59 Å². The Morgan fingerprint density at radius 2 is 1.84 bits per heavy atom. The van der Waals surface area contributed by atoms with Gasteiger partial charge in [0.25, 0.3) is 0 Å². The number of rotatable bonds is 4. The summed E-state index contributed by atoms with van der Waals surface area (Å²) >= 11 is 0. The number of amides is 2. The Hall–Kier alpha value is -1.06. The maximum absolute atomic E-state index is 12.4. The van der Waals surface area contributed by atoms with Gasteiger partial charge in [0.2, 0.25) is 11.8 Å². The van der Waals surface area contributed by atoms with Gasteiger partial charge in [0.15, 0.2) is 0 Å². The summed E-state index contributed by atoms with van der Waals surface area (Å²) in [6, 6.07) is 0.0101. The second kappa shape index (κ2) is 6.40. The molecule has 1 N–H and O–H groups in total. The molecule has 0 radical (unpaired) electrons. The van der Waals surface area contributed by atoms with Crippen LogP contribution in [0.2, 0.25) is 0 Å². The maximum atomic E-state index is 12.4. The van der Waals surface area contributed by atoms with E-state index >= 15 is 0 Å². The van der Waals surface area contributed by atoms with E-state index in [9.17, 15) is 9.59 Å². The topological polar surface area (TPSA) is 49.4 Å². The van der Waals surface area contributed by atoms with Gasteiger partial charge in [-0.2, -0.15) is 0 Å². The van der Waals surface area contributed by atoms with Gasteiger partial charge in [0.05, 0.1) is 6.54 Å². The third-order valence-electron chi connectivity index (χ3n) is 4.64. The second-order valence-electron chi connectivity index (χ2n) is 5.96. The third kappa shape index (κ3) is 3.28. The normalized spacial score (nSPS) is 32.3. The molecular weight excluding hydrogens is 240 g/mol. The van der Waals surface area contributed by atoms with Gasteiger partial charge in [-0.25, -0.2) is 0 Å². The minimum atomic E-state index is -0.282. The lowest BCUT2D eigenvalue weighted by atomic mass is 9.83. The molecule has 108 valence electrons. The minimum absolute atomic E-state index is 0.00987. The van der Waals surface area contributed by atoms with Crippen molar-refractivity contribution in [3.8, 4) is 0 Å². The number of carbonyl (C=O) groups is 2. The number of hydrogen-bond acceptors (Lipinski definition) is 2. The average Bonchev–Trinajstić information content (AvgIpc) is 2.43. The van der Waals surface area contributed by atoms with Gasteiger partial charge in [0, 0.05) is 6.04 Å². The van der Waals surface area contributed by atoms with Crippen LogP contribution in [0.15, 0.2) is 0 Å². The van der Waals surface area contributed by atoms with Gasteiger partial charge in [0.1, 0.15) is 6.04 Å². The van der Waals surface area contributed by atoms with Crippen molar-refractivity contribution in [2.75, 3.05) is 6.54 Å². The van der Waals surface area contributed by atoms with Crippen LogP contribution in [0.3, 0.4) is 0 Å². The van der Waals surface area contributed by atoms with Gasteiger partial charge in [-0.3, -0.25) is 9.59 Å². The molecule has 0 bridgehead atoms. The van der Waals surface area contributed by atoms with Crippen LogP contribution in [0.1, 0.15) is 58.8 Å².